The van der Waals surface area contributed by atoms with E-state index in [2.05, 4.69) is 6.08 Å². The molecule has 0 aliphatic carbocycles. The number of Topliss-reactive ketones (excluding diaryl/α,β-unsaturated/α-hetero) is 1. The third-order valence-electron chi connectivity index (χ3n) is 3.93. The number of ether oxygens (including phenoxy) is 2. The normalized spacial score (nSPS) is 34.0. The number of benzene rings is 1. The SMILES string of the molecule is O=C1c2ccccc2[C@@H]2C=C3COCC[C@]13O2. The Morgan fingerprint density at radius 1 is 1.29 bits per heavy atom. The van der Waals surface area contributed by atoms with E-state index in [1.807, 2.05) is 24.3 Å². The number of fused-ring (bicyclic) bond motifs is 3. The van der Waals surface area contributed by atoms with Crippen LogP contribution in [0.1, 0.15) is 28.4 Å². The molecule has 0 amide bonds. The zero-order valence-electron chi connectivity index (χ0n) is 9.31. The van der Waals surface area contributed by atoms with Crippen LogP contribution >= 0.6 is 0 Å². The van der Waals surface area contributed by atoms with Gasteiger partial charge in [-0.05, 0) is 17.2 Å². The second-order valence-electron chi connectivity index (χ2n) is 4.78. The Hall–Kier alpha value is -1.45. The minimum atomic E-state index is -0.711. The van der Waals surface area contributed by atoms with Crippen molar-refractivity contribution in [3.05, 3.63) is 47.0 Å². The summed E-state index contributed by atoms with van der Waals surface area (Å²) in [6.45, 7) is 1.12. The van der Waals surface area contributed by atoms with Crippen molar-refractivity contribution in [2.24, 2.45) is 0 Å². The van der Waals surface area contributed by atoms with Crippen LogP contribution in [0.2, 0.25) is 0 Å². The van der Waals surface area contributed by atoms with Crippen molar-refractivity contribution in [2.75, 3.05) is 13.2 Å². The lowest BCUT2D eigenvalue weighted by atomic mass is 9.82. The van der Waals surface area contributed by atoms with Gasteiger partial charge in [-0.2, -0.15) is 0 Å². The van der Waals surface area contributed by atoms with Crippen LogP contribution in [0.3, 0.4) is 0 Å². The molecule has 1 aromatic rings. The first kappa shape index (κ1) is 9.57. The average Bonchev–Trinajstić information content (AvgIpc) is 2.73. The predicted molar refractivity (Wildman–Crippen MR) is 60.8 cm³/mol. The summed E-state index contributed by atoms with van der Waals surface area (Å²) >= 11 is 0. The first-order valence-electron chi connectivity index (χ1n) is 5.92. The quantitative estimate of drug-likeness (QED) is 0.637. The molecule has 3 heterocycles. The molecule has 86 valence electrons. The Bertz CT molecular complexity index is 546. The van der Waals surface area contributed by atoms with Gasteiger partial charge < -0.3 is 9.47 Å². The van der Waals surface area contributed by atoms with Crippen LogP contribution in [-0.2, 0) is 9.47 Å². The molecule has 1 fully saturated rings. The van der Waals surface area contributed by atoms with Crippen LogP contribution in [0, 0.1) is 0 Å². The zero-order valence-corrected chi connectivity index (χ0v) is 9.31. The molecule has 1 aromatic carbocycles. The molecule has 0 N–H and O–H groups in total. The van der Waals surface area contributed by atoms with Crippen LogP contribution in [0.15, 0.2) is 35.9 Å². The number of rotatable bonds is 0. The lowest BCUT2D eigenvalue weighted by Crippen LogP contribution is -2.48. The molecule has 2 bridgehead atoms. The average molecular weight is 228 g/mol. The Morgan fingerprint density at radius 2 is 2.18 bits per heavy atom. The van der Waals surface area contributed by atoms with E-state index in [0.29, 0.717) is 19.6 Å². The van der Waals surface area contributed by atoms with Crippen LogP contribution in [0.4, 0.5) is 0 Å². The zero-order chi connectivity index (χ0) is 11.5. The van der Waals surface area contributed by atoms with E-state index < -0.39 is 5.60 Å². The molecule has 4 rings (SSSR count). The minimum Gasteiger partial charge on any atom is -0.377 e. The first-order chi connectivity index (χ1) is 8.31. The summed E-state index contributed by atoms with van der Waals surface area (Å²) in [7, 11) is 0. The molecule has 0 aromatic heterocycles. The van der Waals surface area contributed by atoms with Gasteiger partial charge in [-0.15, -0.1) is 0 Å². The smallest absolute Gasteiger partial charge is 0.199 e. The highest BCUT2D eigenvalue weighted by Crippen LogP contribution is 2.49. The van der Waals surface area contributed by atoms with E-state index >= 15 is 0 Å². The fraction of sp³-hybridized carbons (Fsp3) is 0.357. The predicted octanol–water partition coefficient (Wildman–Crippen LogP) is 2.04. The van der Waals surface area contributed by atoms with Crippen molar-refractivity contribution in [1.29, 1.82) is 0 Å². The van der Waals surface area contributed by atoms with E-state index in [0.717, 1.165) is 16.7 Å². The molecule has 2 atom stereocenters. The summed E-state index contributed by atoms with van der Waals surface area (Å²) in [6.07, 6.45) is 2.63. The number of carbonyl (C=O) groups excluding carboxylic acids is 1. The molecule has 1 saturated heterocycles. The third-order valence-corrected chi connectivity index (χ3v) is 3.93. The molecule has 3 aliphatic heterocycles. The third kappa shape index (κ3) is 1.06. The van der Waals surface area contributed by atoms with Crippen molar-refractivity contribution in [3.63, 3.8) is 0 Å². The van der Waals surface area contributed by atoms with E-state index in [9.17, 15) is 4.79 Å². The van der Waals surface area contributed by atoms with E-state index in [4.69, 9.17) is 9.47 Å². The maximum atomic E-state index is 12.6. The summed E-state index contributed by atoms with van der Waals surface area (Å²) in [4.78, 5) is 12.6. The fourth-order valence-electron chi connectivity index (χ4n) is 3.06. The highest BCUT2D eigenvalue weighted by atomic mass is 16.5. The van der Waals surface area contributed by atoms with Crippen LogP contribution in [0.5, 0.6) is 0 Å². The van der Waals surface area contributed by atoms with Gasteiger partial charge in [0.05, 0.1) is 13.2 Å². The molecule has 3 heteroatoms. The summed E-state index contributed by atoms with van der Waals surface area (Å²) in [5.74, 6) is 0.108. The van der Waals surface area contributed by atoms with Gasteiger partial charge in [0.1, 0.15) is 6.10 Å². The summed E-state index contributed by atoms with van der Waals surface area (Å²) in [6, 6.07) is 7.74. The van der Waals surface area contributed by atoms with Crippen molar-refractivity contribution < 1.29 is 14.3 Å². The second kappa shape index (κ2) is 3.06. The van der Waals surface area contributed by atoms with Crippen molar-refractivity contribution >= 4 is 5.78 Å². The molecule has 0 unspecified atom stereocenters. The molecular formula is C14H12O3. The molecule has 3 nitrogen and oxygen atoms in total. The van der Waals surface area contributed by atoms with Gasteiger partial charge in [-0.25, -0.2) is 0 Å². The monoisotopic (exact) mass is 228 g/mol. The second-order valence-corrected chi connectivity index (χ2v) is 4.78. The molecule has 1 spiro atoms. The van der Waals surface area contributed by atoms with Gasteiger partial charge in [0.2, 0.25) is 0 Å². The van der Waals surface area contributed by atoms with E-state index in [1.165, 1.54) is 0 Å². The van der Waals surface area contributed by atoms with Crippen molar-refractivity contribution in [1.82, 2.24) is 0 Å². The minimum absolute atomic E-state index is 0.0689. The Kier molecular flexibility index (Phi) is 1.72. The van der Waals surface area contributed by atoms with Crippen molar-refractivity contribution in [2.45, 2.75) is 18.1 Å². The van der Waals surface area contributed by atoms with Gasteiger partial charge in [0, 0.05) is 12.0 Å². The Balaban J connectivity index is 1.95. The van der Waals surface area contributed by atoms with Gasteiger partial charge >= 0.3 is 0 Å². The number of carbonyl (C=O) groups is 1. The van der Waals surface area contributed by atoms with Crippen LogP contribution in [0.25, 0.3) is 0 Å². The molecule has 0 saturated carbocycles. The standard InChI is InChI=1S/C14H12O3/c15-13-11-4-2-1-3-10(11)12-7-9-8-16-6-5-14(9,13)17-12/h1-4,7,12H,5-6,8H2/t12-,14+/m0/s1. The van der Waals surface area contributed by atoms with E-state index in [1.54, 1.807) is 0 Å². The maximum Gasteiger partial charge on any atom is 0.199 e. The molecule has 17 heavy (non-hydrogen) atoms. The highest BCUT2D eigenvalue weighted by Gasteiger charge is 2.54. The lowest BCUT2D eigenvalue weighted by molar-refractivity contribution is -0.0593. The highest BCUT2D eigenvalue weighted by molar-refractivity contribution is 6.07. The Labute approximate surface area is 99.0 Å². The van der Waals surface area contributed by atoms with Gasteiger partial charge in [0.25, 0.3) is 0 Å². The van der Waals surface area contributed by atoms with Crippen LogP contribution in [-0.4, -0.2) is 24.6 Å². The van der Waals surface area contributed by atoms with E-state index in [-0.39, 0.29) is 11.9 Å². The largest absolute Gasteiger partial charge is 0.377 e. The summed E-state index contributed by atoms with van der Waals surface area (Å²) in [5.41, 5.74) is 2.11. The molecule has 0 radical (unpaired) electrons. The molecule has 3 aliphatic rings. The van der Waals surface area contributed by atoms with Gasteiger partial charge in [-0.3, -0.25) is 4.79 Å². The fourth-order valence-corrected chi connectivity index (χ4v) is 3.06. The molecular weight excluding hydrogens is 216 g/mol. The Morgan fingerprint density at radius 3 is 3.12 bits per heavy atom. The van der Waals surface area contributed by atoms with Gasteiger partial charge in [-0.1, -0.05) is 24.3 Å². The topological polar surface area (TPSA) is 35.5 Å². The maximum absolute atomic E-state index is 12.6. The first-order valence-corrected chi connectivity index (χ1v) is 5.92. The lowest BCUT2D eigenvalue weighted by Gasteiger charge is -2.38. The van der Waals surface area contributed by atoms with Crippen LogP contribution < -0.4 is 0 Å². The van der Waals surface area contributed by atoms with Crippen molar-refractivity contribution in [3.8, 4) is 0 Å². The number of ketones is 1. The summed E-state index contributed by atoms with van der Waals surface area (Å²) in [5, 5.41) is 0. The number of hydrogen-bond acceptors (Lipinski definition) is 3. The number of hydrogen-bond donors (Lipinski definition) is 0. The van der Waals surface area contributed by atoms with Gasteiger partial charge in [0.15, 0.2) is 11.4 Å². The summed E-state index contributed by atoms with van der Waals surface area (Å²) < 4.78 is 11.4.